The largest absolute Gasteiger partial charge is 0.479 e. The Labute approximate surface area is 300 Å². The first-order valence-electron chi connectivity index (χ1n) is 17.1. The second kappa shape index (κ2) is 15.3. The van der Waals surface area contributed by atoms with Gasteiger partial charge in [-0.15, -0.1) is 11.3 Å². The molecular weight excluding hydrogens is 686 g/mol. The number of carbonyl (C=O) groups excluding carboxylic acids is 3. The maximum Gasteiger partial charge on any atom is 0.410 e. The maximum atomic E-state index is 13.0. The second-order valence-electron chi connectivity index (χ2n) is 14.7. The van der Waals surface area contributed by atoms with Crippen molar-refractivity contribution in [2.24, 2.45) is 0 Å². The van der Waals surface area contributed by atoms with Crippen LogP contribution >= 0.6 is 11.3 Å². The Hall–Kier alpha value is -3.45. The quantitative estimate of drug-likeness (QED) is 0.198. The van der Waals surface area contributed by atoms with Crippen LogP contribution in [-0.4, -0.2) is 152 Å². The highest BCUT2D eigenvalue weighted by Gasteiger charge is 2.55. The number of aliphatic hydroxyl groups excluding tert-OH is 3. The number of nitrogens with zero attached hydrogens (tertiary/aromatic N) is 3. The highest BCUT2D eigenvalue weighted by Crippen LogP contribution is 2.38. The molecule has 6 N–H and O–H groups in total. The van der Waals surface area contributed by atoms with E-state index < -0.39 is 84.0 Å². The topological polar surface area (TPSA) is 220 Å². The summed E-state index contributed by atoms with van der Waals surface area (Å²) in [6, 6.07) is 3.73. The molecule has 2 aromatic rings. The van der Waals surface area contributed by atoms with Crippen LogP contribution in [0.1, 0.15) is 62.3 Å². The van der Waals surface area contributed by atoms with Gasteiger partial charge in [0.05, 0.1) is 52.2 Å². The van der Waals surface area contributed by atoms with Crippen molar-refractivity contribution in [1.82, 2.24) is 25.4 Å². The van der Waals surface area contributed by atoms with Crippen LogP contribution in [0.3, 0.4) is 0 Å². The number of aliphatic carboxylic acids is 1. The molecule has 16 nitrogen and oxygen atoms in total. The van der Waals surface area contributed by atoms with Gasteiger partial charge in [-0.05, 0) is 52.3 Å². The third kappa shape index (κ3) is 8.79. The molecule has 1 spiro atoms. The third-order valence-corrected chi connectivity index (χ3v) is 10.7. The van der Waals surface area contributed by atoms with E-state index >= 15 is 0 Å². The fraction of sp³-hybridized carbons (Fsp3) is 0.676. The number of carboxylic acids is 1. The molecule has 51 heavy (non-hydrogen) atoms. The lowest BCUT2D eigenvalue weighted by Gasteiger charge is -2.49. The lowest BCUT2D eigenvalue weighted by atomic mass is 9.81. The molecule has 3 fully saturated rings. The molecule has 1 aromatic carbocycles. The van der Waals surface area contributed by atoms with Crippen molar-refractivity contribution in [3.05, 3.63) is 28.8 Å². The van der Waals surface area contributed by atoms with E-state index in [4.69, 9.17) is 14.2 Å². The van der Waals surface area contributed by atoms with E-state index in [0.717, 1.165) is 9.71 Å². The number of ether oxygens (including phenoxy) is 3. The molecule has 3 aliphatic rings. The van der Waals surface area contributed by atoms with Crippen molar-refractivity contribution < 1.29 is 53.8 Å². The Bertz CT molecular complexity index is 1620. The average Bonchev–Trinajstić information content (AvgIpc) is 3.65. The maximum absolute atomic E-state index is 13.0. The number of aryl methyl sites for hydroxylation is 1. The number of hydrogen-bond acceptors (Lipinski definition) is 13. The van der Waals surface area contributed by atoms with Gasteiger partial charge in [-0.1, -0.05) is 0 Å². The normalized spacial score (nSPS) is 28.4. The van der Waals surface area contributed by atoms with E-state index in [1.165, 1.54) is 18.3 Å². The van der Waals surface area contributed by atoms with E-state index in [9.17, 15) is 39.6 Å². The highest BCUT2D eigenvalue weighted by atomic mass is 32.1. The number of hydrogen-bond donors (Lipinski definition) is 6. The van der Waals surface area contributed by atoms with Crippen LogP contribution < -0.4 is 10.6 Å². The van der Waals surface area contributed by atoms with Gasteiger partial charge in [-0.25, -0.2) is 14.6 Å². The summed E-state index contributed by atoms with van der Waals surface area (Å²) in [6.45, 7) is 10.1. The van der Waals surface area contributed by atoms with Crippen LogP contribution in [0.25, 0.3) is 10.2 Å². The van der Waals surface area contributed by atoms with E-state index in [-0.39, 0.29) is 18.5 Å². The van der Waals surface area contributed by atoms with E-state index in [2.05, 4.69) is 20.5 Å². The zero-order valence-electron chi connectivity index (χ0n) is 29.6. The lowest BCUT2D eigenvalue weighted by Crippen LogP contribution is -2.68. The average molecular weight is 736 g/mol. The fourth-order valence-corrected chi connectivity index (χ4v) is 7.94. The van der Waals surface area contributed by atoms with E-state index in [0.29, 0.717) is 44.8 Å². The molecule has 0 radical (unpaired) electrons. The molecule has 3 amide bonds. The van der Waals surface area contributed by atoms with Gasteiger partial charge in [0.1, 0.15) is 17.8 Å². The number of nitrogens with one attached hydrogen (secondary N) is 2. The Kier molecular flexibility index (Phi) is 11.6. The van der Waals surface area contributed by atoms with E-state index in [1.807, 2.05) is 6.92 Å². The number of carbonyl (C=O) groups is 4. The summed E-state index contributed by atoms with van der Waals surface area (Å²) in [5, 5.41) is 50.2. The van der Waals surface area contributed by atoms with Crippen LogP contribution in [0.2, 0.25) is 0 Å². The summed E-state index contributed by atoms with van der Waals surface area (Å²) in [4.78, 5) is 59.0. The zero-order valence-corrected chi connectivity index (χ0v) is 30.4. The molecule has 5 rings (SSSR count). The first kappa shape index (κ1) is 38.8. The van der Waals surface area contributed by atoms with Crippen LogP contribution in [0.15, 0.2) is 18.2 Å². The van der Waals surface area contributed by atoms with Gasteiger partial charge < -0.3 is 50.2 Å². The number of thiazole rings is 1. The number of fused-ring (bicyclic) bond motifs is 1. The van der Waals surface area contributed by atoms with Gasteiger partial charge in [0.25, 0.3) is 5.91 Å². The van der Waals surface area contributed by atoms with Gasteiger partial charge >= 0.3 is 12.1 Å². The number of carboxylic acid groups (broad SMARTS) is 1. The Morgan fingerprint density at radius 3 is 2.63 bits per heavy atom. The Morgan fingerprint density at radius 1 is 1.20 bits per heavy atom. The summed E-state index contributed by atoms with van der Waals surface area (Å²) in [5.74, 6) is -2.49. The minimum absolute atomic E-state index is 0.130. The van der Waals surface area contributed by atoms with Crippen molar-refractivity contribution in [2.75, 3.05) is 45.9 Å². The summed E-state index contributed by atoms with van der Waals surface area (Å²) < 4.78 is 18.5. The third-order valence-electron chi connectivity index (χ3n) is 9.70. The molecule has 1 aromatic heterocycles. The number of aromatic nitrogens is 1. The van der Waals surface area contributed by atoms with Crippen molar-refractivity contribution >= 4 is 45.4 Å². The van der Waals surface area contributed by atoms with Crippen molar-refractivity contribution in [1.29, 1.82) is 0 Å². The molecule has 3 saturated heterocycles. The van der Waals surface area contributed by atoms with Gasteiger partial charge in [0.15, 0.2) is 5.60 Å². The Balaban J connectivity index is 1.29. The predicted molar refractivity (Wildman–Crippen MR) is 184 cm³/mol. The van der Waals surface area contributed by atoms with Gasteiger partial charge in [0.2, 0.25) is 5.91 Å². The standard InChI is InChI=1S/C34H49N5O11S/c1-19(40)36-26-23(41)15-34(30(45)46,9-11-39-12-13-48-18-33(39)8-10-38(17-33)31(47)50-32(3,4)5)49-28(26)27(43)24(42)16-35-29(44)21-6-7-25-22(14-21)37-20(2)51-25/h6-7,14,23-24,26-28,41-43H,8-13,15-18H2,1-5H3,(H,35,44)(H,36,40)(H,45,46)/t23-,24+,26+,27+,28+,33-,34+/m0/s1. The lowest BCUT2D eigenvalue weighted by molar-refractivity contribution is -0.231. The zero-order chi connectivity index (χ0) is 37.3. The summed E-state index contributed by atoms with van der Waals surface area (Å²) >= 11 is 1.49. The SMILES string of the molecule is CC(=O)N[C@H]1[C@H]([C@H](O)[C@H](O)CNC(=O)c2ccc3sc(C)nc3c2)O[C@@](CCN2CCOC[C@@]23CCN(C(=O)OC(C)(C)C)C3)(C(=O)O)C[C@@H]1O. The van der Waals surface area contributed by atoms with Crippen molar-refractivity contribution in [2.45, 2.75) is 101 Å². The number of likely N-dealkylation sites (tertiary alicyclic amines) is 1. The number of amides is 3. The smallest absolute Gasteiger partial charge is 0.410 e. The van der Waals surface area contributed by atoms with Crippen LogP contribution in [0.5, 0.6) is 0 Å². The Morgan fingerprint density at radius 2 is 1.94 bits per heavy atom. The fourth-order valence-electron chi connectivity index (χ4n) is 7.13. The molecule has 3 aliphatic heterocycles. The predicted octanol–water partition coefficient (Wildman–Crippen LogP) is 0.636. The highest BCUT2D eigenvalue weighted by molar-refractivity contribution is 7.18. The number of morpholine rings is 1. The van der Waals surface area contributed by atoms with Crippen molar-refractivity contribution in [3.63, 3.8) is 0 Å². The summed E-state index contributed by atoms with van der Waals surface area (Å²) in [5.41, 5.74) is -2.36. The molecule has 4 heterocycles. The molecule has 0 aliphatic carbocycles. The minimum Gasteiger partial charge on any atom is -0.479 e. The molecular formula is C34H49N5O11S. The number of aliphatic hydroxyl groups is 3. The van der Waals surface area contributed by atoms with Crippen LogP contribution in [-0.2, 0) is 23.8 Å². The van der Waals surface area contributed by atoms with Crippen LogP contribution in [0.4, 0.5) is 4.79 Å². The number of rotatable bonds is 10. The monoisotopic (exact) mass is 735 g/mol. The summed E-state index contributed by atoms with van der Waals surface area (Å²) in [7, 11) is 0. The molecule has 17 heteroatoms. The first-order valence-corrected chi connectivity index (χ1v) is 17.9. The first-order chi connectivity index (χ1) is 23.9. The molecule has 0 unspecified atom stereocenters. The summed E-state index contributed by atoms with van der Waals surface area (Å²) in [6.07, 6.45) is -6.96. The van der Waals surface area contributed by atoms with Gasteiger partial charge in [-0.2, -0.15) is 0 Å². The number of benzene rings is 1. The molecule has 7 atom stereocenters. The molecule has 282 valence electrons. The van der Waals surface area contributed by atoms with Gasteiger partial charge in [0, 0.05) is 58.1 Å². The second-order valence-corrected chi connectivity index (χ2v) is 16.0. The van der Waals surface area contributed by atoms with Gasteiger partial charge in [-0.3, -0.25) is 14.5 Å². The minimum atomic E-state index is -2.02. The van der Waals surface area contributed by atoms with Crippen LogP contribution in [0, 0.1) is 6.92 Å². The van der Waals surface area contributed by atoms with E-state index in [1.54, 1.807) is 43.9 Å². The molecule has 0 saturated carbocycles. The van der Waals surface area contributed by atoms with Crippen molar-refractivity contribution in [3.8, 4) is 0 Å². The molecule has 0 bridgehead atoms.